The fraction of sp³-hybridized carbons (Fsp3) is 0.130. The highest BCUT2D eigenvalue weighted by Gasteiger charge is 2.17. The molecule has 1 aromatic heterocycles. The Bertz CT molecular complexity index is 1230. The topological polar surface area (TPSA) is 74.0 Å². The van der Waals surface area contributed by atoms with E-state index in [1.54, 1.807) is 24.3 Å². The fourth-order valence-electron chi connectivity index (χ4n) is 3.40. The predicted octanol–water partition coefficient (Wildman–Crippen LogP) is 5.68. The molecule has 1 atom stereocenters. The van der Waals surface area contributed by atoms with E-state index in [1.165, 1.54) is 6.92 Å². The van der Waals surface area contributed by atoms with E-state index in [1.807, 2.05) is 43.3 Å². The van der Waals surface area contributed by atoms with Gasteiger partial charge >= 0.3 is 0 Å². The number of rotatable bonds is 4. The highest BCUT2D eigenvalue weighted by Crippen LogP contribution is 2.30. The first kappa shape index (κ1) is 19.0. The van der Waals surface area contributed by atoms with E-state index in [-0.39, 0.29) is 17.7 Å². The molecular formula is C23H20ClN3O2. The van der Waals surface area contributed by atoms with Crippen LogP contribution in [0.3, 0.4) is 0 Å². The van der Waals surface area contributed by atoms with Crippen molar-refractivity contribution in [2.24, 2.45) is 0 Å². The second kappa shape index (κ2) is 7.60. The number of hydrogen-bond donors (Lipinski definition) is 3. The molecule has 0 radical (unpaired) electrons. The zero-order valence-corrected chi connectivity index (χ0v) is 16.8. The lowest BCUT2D eigenvalue weighted by molar-refractivity contribution is -0.117. The van der Waals surface area contributed by atoms with Gasteiger partial charge in [-0.3, -0.25) is 9.59 Å². The number of hydrogen-bond acceptors (Lipinski definition) is 2. The van der Waals surface area contributed by atoms with Crippen LogP contribution in [-0.2, 0) is 9.59 Å². The third-order valence-corrected chi connectivity index (χ3v) is 5.19. The molecule has 0 saturated heterocycles. The number of H-pyrrole nitrogens is 1. The summed E-state index contributed by atoms with van der Waals surface area (Å²) >= 11 is 6.12. The maximum absolute atomic E-state index is 12.7. The van der Waals surface area contributed by atoms with Crippen molar-refractivity contribution in [3.63, 3.8) is 0 Å². The smallest absolute Gasteiger partial charge is 0.231 e. The number of anilines is 2. The third kappa shape index (κ3) is 3.96. The van der Waals surface area contributed by atoms with Crippen LogP contribution in [0.2, 0.25) is 5.02 Å². The Morgan fingerprint density at radius 1 is 0.862 bits per heavy atom. The number of nitrogens with one attached hydrogen (secondary N) is 3. The maximum atomic E-state index is 12.7. The van der Waals surface area contributed by atoms with Crippen molar-refractivity contribution in [3.05, 3.63) is 71.2 Å². The highest BCUT2D eigenvalue weighted by molar-refractivity contribution is 6.31. The molecule has 5 nitrogen and oxygen atoms in total. The predicted molar refractivity (Wildman–Crippen MR) is 119 cm³/mol. The van der Waals surface area contributed by atoms with Gasteiger partial charge in [-0.25, -0.2) is 0 Å². The first-order valence-corrected chi connectivity index (χ1v) is 9.68. The van der Waals surface area contributed by atoms with Crippen LogP contribution in [-0.4, -0.2) is 16.8 Å². The van der Waals surface area contributed by atoms with E-state index in [2.05, 4.69) is 15.6 Å². The van der Waals surface area contributed by atoms with Gasteiger partial charge in [0.15, 0.2) is 0 Å². The first-order chi connectivity index (χ1) is 13.9. The lowest BCUT2D eigenvalue weighted by Crippen LogP contribution is -2.18. The number of fused-ring (bicyclic) bond motifs is 3. The number of carbonyl (C=O) groups excluding carboxylic acids is 2. The van der Waals surface area contributed by atoms with Crippen LogP contribution in [0.4, 0.5) is 11.4 Å². The van der Waals surface area contributed by atoms with Gasteiger partial charge in [-0.2, -0.15) is 0 Å². The largest absolute Gasteiger partial charge is 0.355 e. The van der Waals surface area contributed by atoms with Gasteiger partial charge in [0, 0.05) is 45.1 Å². The molecule has 2 amide bonds. The molecule has 29 heavy (non-hydrogen) atoms. The van der Waals surface area contributed by atoms with E-state index in [0.29, 0.717) is 16.4 Å². The minimum Gasteiger partial charge on any atom is -0.355 e. The number of halogens is 1. The van der Waals surface area contributed by atoms with Gasteiger partial charge < -0.3 is 15.6 Å². The van der Waals surface area contributed by atoms with Crippen molar-refractivity contribution in [1.29, 1.82) is 0 Å². The van der Waals surface area contributed by atoms with Crippen molar-refractivity contribution >= 4 is 56.6 Å². The standard InChI is InChI=1S/C23H20ClN3O2/c1-13(23(29)26-18-7-5-17(6-8-18)25-14(2)28)15-3-9-19-20-12-16(24)4-10-21(20)27-22(19)11-15/h3-13,27H,1-2H3,(H,25,28)(H,26,29)/t13-/m1/s1. The van der Waals surface area contributed by atoms with E-state index in [9.17, 15) is 9.59 Å². The second-order valence-corrected chi connectivity index (χ2v) is 7.53. The molecule has 0 aliphatic carbocycles. The Hall–Kier alpha value is -3.31. The van der Waals surface area contributed by atoms with Crippen LogP contribution in [0, 0.1) is 0 Å². The van der Waals surface area contributed by atoms with Gasteiger partial charge in [0.25, 0.3) is 0 Å². The molecule has 3 aromatic carbocycles. The molecule has 0 aliphatic rings. The zero-order valence-electron chi connectivity index (χ0n) is 16.0. The van der Waals surface area contributed by atoms with E-state index in [4.69, 9.17) is 11.6 Å². The maximum Gasteiger partial charge on any atom is 0.231 e. The molecule has 0 aliphatic heterocycles. The number of amides is 2. The Labute approximate surface area is 173 Å². The van der Waals surface area contributed by atoms with Crippen molar-refractivity contribution in [1.82, 2.24) is 4.98 Å². The summed E-state index contributed by atoms with van der Waals surface area (Å²) in [5.41, 5.74) is 4.27. The molecular weight excluding hydrogens is 386 g/mol. The number of aromatic amines is 1. The minimum absolute atomic E-state index is 0.101. The monoisotopic (exact) mass is 405 g/mol. The minimum atomic E-state index is -0.329. The van der Waals surface area contributed by atoms with Crippen LogP contribution in [0.15, 0.2) is 60.7 Å². The Morgan fingerprint density at radius 3 is 2.24 bits per heavy atom. The summed E-state index contributed by atoms with van der Waals surface area (Å²) in [7, 11) is 0. The van der Waals surface area contributed by atoms with Gasteiger partial charge in [-0.1, -0.05) is 23.7 Å². The van der Waals surface area contributed by atoms with E-state index in [0.717, 1.165) is 27.4 Å². The summed E-state index contributed by atoms with van der Waals surface area (Å²) in [6.45, 7) is 3.33. The molecule has 0 bridgehead atoms. The number of aromatic nitrogens is 1. The van der Waals surface area contributed by atoms with Crippen LogP contribution in [0.25, 0.3) is 21.8 Å². The lowest BCUT2D eigenvalue weighted by Gasteiger charge is -2.13. The van der Waals surface area contributed by atoms with Gasteiger partial charge in [0.1, 0.15) is 0 Å². The van der Waals surface area contributed by atoms with Gasteiger partial charge in [0.2, 0.25) is 11.8 Å². The van der Waals surface area contributed by atoms with Crippen molar-refractivity contribution in [2.75, 3.05) is 10.6 Å². The van der Waals surface area contributed by atoms with Crippen molar-refractivity contribution in [3.8, 4) is 0 Å². The van der Waals surface area contributed by atoms with E-state index >= 15 is 0 Å². The normalized spacial score (nSPS) is 12.1. The Kier molecular flexibility index (Phi) is 4.99. The molecule has 0 fully saturated rings. The molecule has 3 N–H and O–H groups in total. The lowest BCUT2D eigenvalue weighted by atomic mass is 9.98. The SMILES string of the molecule is CC(=O)Nc1ccc(NC(=O)[C@H](C)c2ccc3c(c2)[nH]c2ccc(Cl)cc23)cc1. The average Bonchev–Trinajstić information content (AvgIpc) is 3.05. The summed E-state index contributed by atoms with van der Waals surface area (Å²) in [5, 5.41) is 8.46. The third-order valence-electron chi connectivity index (χ3n) is 4.95. The number of carbonyl (C=O) groups is 2. The molecule has 146 valence electrons. The van der Waals surface area contributed by atoms with Crippen molar-refractivity contribution < 1.29 is 9.59 Å². The van der Waals surface area contributed by atoms with Crippen LogP contribution in [0.1, 0.15) is 25.3 Å². The second-order valence-electron chi connectivity index (χ2n) is 7.09. The molecule has 4 rings (SSSR count). The Morgan fingerprint density at radius 2 is 1.55 bits per heavy atom. The van der Waals surface area contributed by atoms with Crippen LogP contribution >= 0.6 is 11.6 Å². The number of benzene rings is 3. The summed E-state index contributed by atoms with van der Waals surface area (Å²) in [5.74, 6) is -0.565. The molecule has 1 heterocycles. The molecule has 0 unspecified atom stereocenters. The molecule has 6 heteroatoms. The van der Waals surface area contributed by atoms with E-state index < -0.39 is 0 Å². The summed E-state index contributed by atoms with van der Waals surface area (Å²) < 4.78 is 0. The first-order valence-electron chi connectivity index (χ1n) is 9.30. The quantitative estimate of drug-likeness (QED) is 0.409. The van der Waals surface area contributed by atoms with Gasteiger partial charge in [-0.05, 0) is 61.0 Å². The molecule has 4 aromatic rings. The zero-order chi connectivity index (χ0) is 20.5. The van der Waals surface area contributed by atoms with Gasteiger partial charge in [0.05, 0.1) is 5.92 Å². The summed E-state index contributed by atoms with van der Waals surface area (Å²) in [4.78, 5) is 27.2. The molecule has 0 saturated carbocycles. The van der Waals surface area contributed by atoms with Crippen LogP contribution < -0.4 is 10.6 Å². The van der Waals surface area contributed by atoms with Gasteiger partial charge in [-0.15, -0.1) is 0 Å². The highest BCUT2D eigenvalue weighted by atomic mass is 35.5. The average molecular weight is 406 g/mol. The summed E-state index contributed by atoms with van der Waals surface area (Å²) in [6.07, 6.45) is 0. The van der Waals surface area contributed by atoms with Crippen molar-refractivity contribution in [2.45, 2.75) is 19.8 Å². The summed E-state index contributed by atoms with van der Waals surface area (Å²) in [6, 6.07) is 18.8. The Balaban J connectivity index is 1.54. The fourth-order valence-corrected chi connectivity index (χ4v) is 3.58. The molecule has 0 spiro atoms. The van der Waals surface area contributed by atoms with Crippen LogP contribution in [0.5, 0.6) is 0 Å².